The van der Waals surface area contributed by atoms with Crippen molar-refractivity contribution in [3.8, 4) is 11.6 Å². The molecule has 6 rings (SSSR count). The fourth-order valence-corrected chi connectivity index (χ4v) is 8.91. The van der Waals surface area contributed by atoms with Crippen molar-refractivity contribution in [3.05, 3.63) is 113 Å². The summed E-state index contributed by atoms with van der Waals surface area (Å²) in [5.74, 6) is -1.80. The number of fused-ring (bicyclic) bond motifs is 2. The quantitative estimate of drug-likeness (QED) is 0.0275. The van der Waals surface area contributed by atoms with Crippen LogP contribution < -0.4 is 9.47 Å². The fourth-order valence-electron chi connectivity index (χ4n) is 8.70. The zero-order chi connectivity index (χ0) is 51.6. The molecule has 1 saturated heterocycles. The molecule has 392 valence electrons. The number of halogens is 3. The van der Waals surface area contributed by atoms with E-state index in [0.29, 0.717) is 88.0 Å². The average Bonchev–Trinajstić information content (AvgIpc) is 4.20. The van der Waals surface area contributed by atoms with Gasteiger partial charge in [0.25, 0.3) is 16.1 Å². The molecule has 0 N–H and O–H groups in total. The molecule has 23 heteroatoms. The molecule has 3 aromatic rings. The molecule has 3 amide bonds. The van der Waals surface area contributed by atoms with Gasteiger partial charge in [-0.05, 0) is 118 Å². The topological polar surface area (TPSA) is 225 Å². The first-order valence-corrected chi connectivity index (χ1v) is 24.5. The molecule has 72 heavy (non-hydrogen) atoms. The minimum absolute atomic E-state index is 0.00629. The van der Waals surface area contributed by atoms with Crippen molar-refractivity contribution in [2.75, 3.05) is 66.4 Å². The number of unbranched alkanes of at least 4 members (excludes halogenated alkanes) is 4. The summed E-state index contributed by atoms with van der Waals surface area (Å²) in [7, 11) is 1.61. The molecule has 2 atom stereocenters. The van der Waals surface area contributed by atoms with Gasteiger partial charge in [0.2, 0.25) is 5.88 Å². The lowest BCUT2D eigenvalue weighted by Crippen LogP contribution is -2.65. The largest absolute Gasteiger partial charge is 0.489 e. The number of carbonyl (C=O) groups excluding carboxylic acids is 3. The second kappa shape index (κ2) is 27.3. The van der Waals surface area contributed by atoms with Crippen LogP contribution in [0.2, 0.25) is 5.02 Å². The van der Waals surface area contributed by atoms with Crippen molar-refractivity contribution >= 4 is 35.3 Å². The van der Waals surface area contributed by atoms with Crippen molar-refractivity contribution in [2.45, 2.75) is 109 Å². The zero-order valence-electron chi connectivity index (χ0n) is 40.4. The van der Waals surface area contributed by atoms with Crippen LogP contribution in [0, 0.1) is 38.8 Å². The van der Waals surface area contributed by atoms with Crippen molar-refractivity contribution < 1.29 is 66.7 Å². The smallest absolute Gasteiger partial charge is 0.410 e. The van der Waals surface area contributed by atoms with E-state index in [1.807, 2.05) is 42.2 Å². The molecule has 2 bridgehead atoms. The van der Waals surface area contributed by atoms with Crippen LogP contribution in [-0.4, -0.2) is 133 Å². The fraction of sp³-hybridized carbons (Fsp3) is 0.551. The summed E-state index contributed by atoms with van der Waals surface area (Å²) < 4.78 is 56.5. The molecule has 2 fully saturated rings. The summed E-state index contributed by atoms with van der Waals surface area (Å²) in [6.07, 6.45) is 6.13. The standard InChI is InChI=1S/C49H61ClF2N6O14/c1-33-36(20-21-53-46(33)68-26-10-22-66-2)30-55(37-16-17-37)47(59)43-39(35-14-12-34(13-15-35)11-9-25-67-45-41(52)19-18-40(51)44(45)50)29-38-31-54(48(60)69-23-5-3-7-27-71-57(62)63)32-42(43)56(38)49(61)70-24-6-4-8-28-72-58(64)65/h12-15,18-21,37-38,42H,3-11,16-17,22-32H2,1-2H3. The molecule has 1 saturated carbocycles. The number of benzene rings is 2. The highest BCUT2D eigenvalue weighted by molar-refractivity contribution is 6.32. The number of ether oxygens (including phenoxy) is 5. The molecule has 1 aliphatic carbocycles. The number of methoxy groups -OCH3 is 1. The third-order valence-corrected chi connectivity index (χ3v) is 12.9. The Morgan fingerprint density at radius 1 is 0.778 bits per heavy atom. The van der Waals surface area contributed by atoms with Crippen LogP contribution in [0.1, 0.15) is 92.9 Å². The van der Waals surface area contributed by atoms with Gasteiger partial charge in [-0.1, -0.05) is 35.9 Å². The normalized spacial score (nSPS) is 16.2. The van der Waals surface area contributed by atoms with Crippen molar-refractivity contribution in [2.24, 2.45) is 0 Å². The summed E-state index contributed by atoms with van der Waals surface area (Å²) in [6, 6.07) is 9.58. The first-order chi connectivity index (χ1) is 34.8. The molecule has 0 radical (unpaired) electrons. The zero-order valence-corrected chi connectivity index (χ0v) is 41.2. The number of hydrogen-bond donors (Lipinski definition) is 0. The van der Waals surface area contributed by atoms with Gasteiger partial charge in [0.15, 0.2) is 11.6 Å². The molecule has 3 aliphatic rings. The maximum atomic E-state index is 15.6. The lowest BCUT2D eigenvalue weighted by Gasteiger charge is -2.50. The van der Waals surface area contributed by atoms with E-state index < -0.39 is 51.1 Å². The number of pyridine rings is 1. The highest BCUT2D eigenvalue weighted by atomic mass is 35.5. The third kappa shape index (κ3) is 15.5. The number of aromatic nitrogens is 1. The van der Waals surface area contributed by atoms with E-state index in [4.69, 9.17) is 35.3 Å². The van der Waals surface area contributed by atoms with Crippen LogP contribution in [0.4, 0.5) is 18.4 Å². The van der Waals surface area contributed by atoms with Gasteiger partial charge in [-0.15, -0.1) is 20.2 Å². The van der Waals surface area contributed by atoms with Gasteiger partial charge in [0.1, 0.15) is 10.8 Å². The Morgan fingerprint density at radius 3 is 2.07 bits per heavy atom. The summed E-state index contributed by atoms with van der Waals surface area (Å²) >= 11 is 5.95. The number of piperazine rings is 1. The molecule has 20 nitrogen and oxygen atoms in total. The Hall–Kier alpha value is -6.55. The first kappa shape index (κ1) is 54.8. The van der Waals surface area contributed by atoms with Crippen LogP contribution in [0.15, 0.2) is 54.2 Å². The first-order valence-electron chi connectivity index (χ1n) is 24.1. The number of rotatable bonds is 29. The van der Waals surface area contributed by atoms with Gasteiger partial charge in [0, 0.05) is 63.1 Å². The Kier molecular flexibility index (Phi) is 20.8. The molecular formula is C49H61ClF2N6O14. The summed E-state index contributed by atoms with van der Waals surface area (Å²) in [5.41, 5.74) is 4.22. The number of nitrogens with zero attached hydrogens (tertiary/aromatic N) is 6. The van der Waals surface area contributed by atoms with Crippen LogP contribution in [0.25, 0.3) is 5.57 Å². The van der Waals surface area contributed by atoms with Crippen LogP contribution in [-0.2, 0) is 41.6 Å². The predicted octanol–water partition coefficient (Wildman–Crippen LogP) is 8.48. The molecule has 0 spiro atoms. The van der Waals surface area contributed by atoms with Crippen molar-refractivity contribution in [3.63, 3.8) is 0 Å². The molecule has 2 unspecified atom stereocenters. The van der Waals surface area contributed by atoms with E-state index >= 15 is 4.79 Å². The number of aryl methyl sites for hydroxylation is 1. The third-order valence-electron chi connectivity index (χ3n) is 12.5. The van der Waals surface area contributed by atoms with Crippen molar-refractivity contribution in [1.82, 2.24) is 19.7 Å². The van der Waals surface area contributed by atoms with E-state index in [0.717, 1.165) is 47.2 Å². The minimum Gasteiger partial charge on any atom is -0.489 e. The van der Waals surface area contributed by atoms with E-state index in [2.05, 4.69) is 14.7 Å². The maximum Gasteiger partial charge on any atom is 0.410 e. The summed E-state index contributed by atoms with van der Waals surface area (Å²) in [4.78, 5) is 83.0. The number of hydrogen-bond acceptors (Lipinski definition) is 15. The van der Waals surface area contributed by atoms with E-state index in [1.54, 1.807) is 18.2 Å². The monoisotopic (exact) mass is 1030 g/mol. The Bertz CT molecular complexity index is 2380. The van der Waals surface area contributed by atoms with E-state index in [1.165, 1.54) is 4.90 Å². The van der Waals surface area contributed by atoms with Gasteiger partial charge in [-0.3, -0.25) is 9.69 Å². The van der Waals surface area contributed by atoms with Gasteiger partial charge in [-0.25, -0.2) is 23.4 Å². The second-order valence-electron chi connectivity index (χ2n) is 17.6. The minimum atomic E-state index is -0.987. The lowest BCUT2D eigenvalue weighted by molar-refractivity contribution is -0.757. The van der Waals surface area contributed by atoms with Gasteiger partial charge in [-0.2, -0.15) is 0 Å². The Morgan fingerprint density at radius 2 is 1.42 bits per heavy atom. The van der Waals surface area contributed by atoms with E-state index in [9.17, 15) is 38.6 Å². The highest BCUT2D eigenvalue weighted by Gasteiger charge is 2.50. The van der Waals surface area contributed by atoms with Gasteiger partial charge < -0.3 is 43.2 Å². The molecule has 2 aromatic carbocycles. The van der Waals surface area contributed by atoms with Crippen LogP contribution in [0.5, 0.6) is 11.6 Å². The SMILES string of the molecule is COCCCOc1nccc(CN(C(=O)C2=C(c3ccc(CCCOc4c(F)ccc(F)c4Cl)cc3)CC3CN(C(=O)OCCCCCO[N+](=O)[O-])CC2N3C(=O)OCCCCCO[N+](=O)[O-])C2CC2)c1C. The maximum absolute atomic E-state index is 15.6. The number of amides is 3. The summed E-state index contributed by atoms with van der Waals surface area (Å²) in [6.45, 7) is 2.83. The molecule has 2 aliphatic heterocycles. The second-order valence-corrected chi connectivity index (χ2v) is 18.0. The number of carbonyl (C=O) groups is 3. The van der Waals surface area contributed by atoms with Gasteiger partial charge in [0.05, 0.1) is 51.7 Å². The molecule has 3 heterocycles. The molecule has 1 aromatic heterocycles. The van der Waals surface area contributed by atoms with Gasteiger partial charge >= 0.3 is 12.2 Å². The van der Waals surface area contributed by atoms with Crippen LogP contribution in [0.3, 0.4) is 0 Å². The summed E-state index contributed by atoms with van der Waals surface area (Å²) in [5, 5.41) is 19.0. The highest BCUT2D eigenvalue weighted by Crippen LogP contribution is 2.42. The van der Waals surface area contributed by atoms with Crippen LogP contribution >= 0.6 is 11.6 Å². The van der Waals surface area contributed by atoms with E-state index in [-0.39, 0.29) is 76.8 Å². The van der Waals surface area contributed by atoms with Crippen molar-refractivity contribution in [1.29, 1.82) is 0 Å². The Labute approximate surface area is 420 Å². The predicted molar refractivity (Wildman–Crippen MR) is 255 cm³/mol. The molecular weight excluding hydrogens is 970 g/mol. The average molecular weight is 1030 g/mol. The Balaban J connectivity index is 1.29. The lowest BCUT2D eigenvalue weighted by atomic mass is 9.81.